The largest absolute Gasteiger partial charge is 0.493 e. The molecule has 32 heavy (non-hydrogen) atoms. The van der Waals surface area contributed by atoms with E-state index in [1.807, 2.05) is 24.3 Å². The fourth-order valence-electron chi connectivity index (χ4n) is 3.75. The molecule has 0 spiro atoms. The predicted molar refractivity (Wildman–Crippen MR) is 120 cm³/mol. The van der Waals surface area contributed by atoms with Crippen LogP contribution in [0.5, 0.6) is 11.5 Å². The first-order valence-electron chi connectivity index (χ1n) is 9.62. The van der Waals surface area contributed by atoms with Crippen LogP contribution in [0.15, 0.2) is 57.4 Å². The summed E-state index contributed by atoms with van der Waals surface area (Å²) in [7, 11) is 0. The highest BCUT2D eigenvalue weighted by Gasteiger charge is 2.24. The number of aromatic amines is 1. The fourth-order valence-corrected chi connectivity index (χ4v) is 4.78. The molecule has 2 N–H and O–H groups in total. The maximum Gasteiger partial charge on any atom is 0.346 e. The number of aromatic carboxylic acids is 1. The summed E-state index contributed by atoms with van der Waals surface area (Å²) in [4.78, 5) is 39.7. The van der Waals surface area contributed by atoms with E-state index in [0.29, 0.717) is 18.8 Å². The Morgan fingerprint density at radius 1 is 1.25 bits per heavy atom. The van der Waals surface area contributed by atoms with Crippen LogP contribution in [-0.4, -0.2) is 27.2 Å². The van der Waals surface area contributed by atoms with Crippen molar-refractivity contribution in [2.45, 2.75) is 12.5 Å². The molecule has 1 unspecified atom stereocenters. The van der Waals surface area contributed by atoms with Gasteiger partial charge in [0.05, 0.1) is 28.2 Å². The lowest BCUT2D eigenvalue weighted by Crippen LogP contribution is -2.34. The van der Waals surface area contributed by atoms with Gasteiger partial charge in [0.2, 0.25) is 0 Å². The number of thiophene rings is 1. The van der Waals surface area contributed by atoms with Gasteiger partial charge in [-0.2, -0.15) is 0 Å². The summed E-state index contributed by atoms with van der Waals surface area (Å²) in [6.45, 7) is 0.494. The van der Waals surface area contributed by atoms with Crippen LogP contribution in [-0.2, 0) is 0 Å². The number of halogens is 1. The molecule has 2 aromatic carbocycles. The molecule has 162 valence electrons. The van der Waals surface area contributed by atoms with E-state index in [-0.39, 0.29) is 32.6 Å². The molecular weight excluding hydrogens is 456 g/mol. The highest BCUT2D eigenvalue weighted by molar-refractivity contribution is 7.13. The lowest BCUT2D eigenvalue weighted by molar-refractivity contribution is 0.0704. The van der Waals surface area contributed by atoms with Crippen molar-refractivity contribution < 1.29 is 19.4 Å². The maximum atomic E-state index is 13.1. The van der Waals surface area contributed by atoms with Crippen LogP contribution in [0.4, 0.5) is 0 Å². The number of hydrogen-bond acceptors (Lipinski definition) is 6. The molecule has 0 bridgehead atoms. The summed E-state index contributed by atoms with van der Waals surface area (Å²) < 4.78 is 12.6. The number of para-hydroxylation sites is 1. The molecule has 0 saturated carbocycles. The van der Waals surface area contributed by atoms with Crippen molar-refractivity contribution in [3.05, 3.63) is 84.1 Å². The summed E-state index contributed by atoms with van der Waals surface area (Å²) in [6, 6.07) is 12.2. The Morgan fingerprint density at radius 3 is 2.88 bits per heavy atom. The molecule has 0 amide bonds. The molecule has 8 nitrogen and oxygen atoms in total. The van der Waals surface area contributed by atoms with Crippen LogP contribution in [0.3, 0.4) is 0 Å². The van der Waals surface area contributed by atoms with Crippen molar-refractivity contribution in [1.29, 1.82) is 0 Å². The highest BCUT2D eigenvalue weighted by atomic mass is 35.5. The van der Waals surface area contributed by atoms with E-state index in [4.69, 9.17) is 21.1 Å². The molecule has 2 aromatic heterocycles. The zero-order valence-corrected chi connectivity index (χ0v) is 17.9. The Balaban J connectivity index is 1.61. The van der Waals surface area contributed by atoms with Gasteiger partial charge in [-0.1, -0.05) is 29.8 Å². The number of aromatic nitrogens is 2. The second-order valence-electron chi connectivity index (χ2n) is 7.12. The minimum atomic E-state index is -1.25. The average Bonchev–Trinajstić information content (AvgIpc) is 3.20. The van der Waals surface area contributed by atoms with Crippen molar-refractivity contribution >= 4 is 39.8 Å². The van der Waals surface area contributed by atoms with E-state index >= 15 is 0 Å². The Labute approximate surface area is 189 Å². The first-order valence-corrected chi connectivity index (χ1v) is 10.9. The molecule has 0 aliphatic carbocycles. The van der Waals surface area contributed by atoms with E-state index in [9.17, 15) is 19.5 Å². The van der Waals surface area contributed by atoms with Gasteiger partial charge in [-0.3, -0.25) is 4.79 Å². The number of ether oxygens (including phenoxy) is 2. The quantitative estimate of drug-likeness (QED) is 0.466. The van der Waals surface area contributed by atoms with E-state index in [1.54, 1.807) is 6.07 Å². The molecule has 1 atom stereocenters. The second kappa shape index (κ2) is 7.85. The molecule has 4 aromatic rings. The number of carboxylic acids is 1. The number of nitrogens with one attached hydrogen (secondary N) is 1. The summed E-state index contributed by atoms with van der Waals surface area (Å²) in [5.74, 6) is -0.0990. The van der Waals surface area contributed by atoms with Crippen molar-refractivity contribution in [2.75, 3.05) is 6.61 Å². The van der Waals surface area contributed by atoms with Gasteiger partial charge in [0.15, 0.2) is 0 Å². The van der Waals surface area contributed by atoms with Gasteiger partial charge in [-0.05, 0) is 18.2 Å². The van der Waals surface area contributed by atoms with Gasteiger partial charge in [-0.15, -0.1) is 11.3 Å². The van der Waals surface area contributed by atoms with E-state index < -0.39 is 17.2 Å². The van der Waals surface area contributed by atoms with Gasteiger partial charge in [-0.25, -0.2) is 14.2 Å². The highest BCUT2D eigenvalue weighted by Crippen LogP contribution is 2.36. The van der Waals surface area contributed by atoms with E-state index in [2.05, 4.69) is 4.98 Å². The number of rotatable bonds is 4. The monoisotopic (exact) mass is 470 g/mol. The average molecular weight is 471 g/mol. The number of carbonyl (C=O) groups is 1. The molecule has 0 radical (unpaired) electrons. The third-order valence-corrected chi connectivity index (χ3v) is 6.47. The Kier molecular flexibility index (Phi) is 4.99. The smallest absolute Gasteiger partial charge is 0.346 e. The lowest BCUT2D eigenvalue weighted by Gasteiger charge is -2.26. The molecule has 3 heterocycles. The second-order valence-corrected chi connectivity index (χ2v) is 8.41. The predicted octanol–water partition coefficient (Wildman–Crippen LogP) is 3.99. The van der Waals surface area contributed by atoms with Gasteiger partial charge < -0.3 is 19.6 Å². The van der Waals surface area contributed by atoms with Crippen LogP contribution in [0.25, 0.3) is 16.6 Å². The van der Waals surface area contributed by atoms with Gasteiger partial charge in [0.25, 0.3) is 5.56 Å². The number of H-pyrrole nitrogens is 1. The summed E-state index contributed by atoms with van der Waals surface area (Å²) in [5.41, 5.74) is -0.331. The fraction of sp³-hybridized carbons (Fsp3) is 0.136. The van der Waals surface area contributed by atoms with Gasteiger partial charge in [0, 0.05) is 23.4 Å². The number of hydrogen-bond donors (Lipinski definition) is 2. The van der Waals surface area contributed by atoms with Crippen LogP contribution >= 0.6 is 22.9 Å². The standard InChI is InChI=1S/C22H15ClN2O6S/c23-13-6-5-11(31-17-7-8-30-16-4-2-1-3-12(16)17)9-15(13)25-20(26)18-14(24-22(25)29)10-32-19(18)21(27)28/h1-6,9-10,17H,7-8H2,(H,24,29)(H,27,28). The zero-order chi connectivity index (χ0) is 22.4. The van der Waals surface area contributed by atoms with Gasteiger partial charge in [0.1, 0.15) is 22.5 Å². The molecule has 5 rings (SSSR count). The summed E-state index contributed by atoms with van der Waals surface area (Å²) in [5, 5.41) is 10.9. The molecular formula is C22H15ClN2O6S. The van der Waals surface area contributed by atoms with Crippen molar-refractivity contribution in [2.24, 2.45) is 0 Å². The van der Waals surface area contributed by atoms with Crippen LogP contribution in [0.1, 0.15) is 27.8 Å². The molecule has 0 saturated heterocycles. The Morgan fingerprint density at radius 2 is 2.06 bits per heavy atom. The summed E-state index contributed by atoms with van der Waals surface area (Å²) >= 11 is 7.19. The number of fused-ring (bicyclic) bond motifs is 2. The van der Waals surface area contributed by atoms with Crippen molar-refractivity contribution in [3.63, 3.8) is 0 Å². The molecule has 0 fully saturated rings. The molecule has 1 aliphatic heterocycles. The maximum absolute atomic E-state index is 13.1. The minimum absolute atomic E-state index is 0.0807. The number of benzene rings is 2. The lowest BCUT2D eigenvalue weighted by atomic mass is 10.0. The number of nitrogens with zero attached hydrogens (tertiary/aromatic N) is 1. The molecule has 10 heteroatoms. The molecule has 1 aliphatic rings. The van der Waals surface area contributed by atoms with Crippen LogP contribution in [0.2, 0.25) is 5.02 Å². The van der Waals surface area contributed by atoms with Crippen LogP contribution in [0, 0.1) is 0 Å². The Hall–Kier alpha value is -3.56. The minimum Gasteiger partial charge on any atom is -0.493 e. The SMILES string of the molecule is O=C(O)c1scc2[nH]c(=O)n(-c3cc(OC4CCOc5ccccc54)ccc3Cl)c(=O)c12. The van der Waals surface area contributed by atoms with E-state index in [1.165, 1.54) is 17.5 Å². The third-order valence-electron chi connectivity index (χ3n) is 5.19. The normalized spacial score (nSPS) is 15.2. The van der Waals surface area contributed by atoms with Crippen molar-refractivity contribution in [1.82, 2.24) is 9.55 Å². The first kappa shape index (κ1) is 20.3. The zero-order valence-electron chi connectivity index (χ0n) is 16.3. The topological polar surface area (TPSA) is 111 Å². The Bertz CT molecular complexity index is 1490. The third kappa shape index (κ3) is 3.35. The summed E-state index contributed by atoms with van der Waals surface area (Å²) in [6.07, 6.45) is 0.347. The van der Waals surface area contributed by atoms with Crippen molar-refractivity contribution in [3.8, 4) is 17.2 Å². The van der Waals surface area contributed by atoms with Gasteiger partial charge >= 0.3 is 11.7 Å². The first-order chi connectivity index (χ1) is 15.4. The van der Waals surface area contributed by atoms with Crippen LogP contribution < -0.4 is 20.7 Å². The van der Waals surface area contributed by atoms with E-state index in [0.717, 1.165) is 27.2 Å². The number of carboxylic acid groups (broad SMARTS) is 1.